The molecule has 0 bridgehead atoms. The molecular formula is C15H23N3O. The third-order valence-electron chi connectivity index (χ3n) is 3.56. The van der Waals surface area contributed by atoms with Gasteiger partial charge in [0.25, 0.3) is 5.91 Å². The molecular weight excluding hydrogens is 238 g/mol. The fourth-order valence-corrected chi connectivity index (χ4v) is 2.53. The molecule has 0 aliphatic carbocycles. The predicted molar refractivity (Wildman–Crippen MR) is 77.4 cm³/mol. The van der Waals surface area contributed by atoms with Gasteiger partial charge < -0.3 is 10.2 Å². The molecule has 0 aromatic carbocycles. The van der Waals surface area contributed by atoms with E-state index < -0.39 is 0 Å². The summed E-state index contributed by atoms with van der Waals surface area (Å²) < 4.78 is 0. The zero-order valence-corrected chi connectivity index (χ0v) is 11.7. The number of aromatic nitrogens is 1. The molecule has 0 saturated carbocycles. The van der Waals surface area contributed by atoms with E-state index >= 15 is 0 Å². The molecule has 104 valence electrons. The highest BCUT2D eigenvalue weighted by Crippen LogP contribution is 2.18. The lowest BCUT2D eigenvalue weighted by molar-refractivity contribution is 0.0743. The van der Waals surface area contributed by atoms with Crippen molar-refractivity contribution in [1.82, 2.24) is 9.88 Å². The Morgan fingerprint density at radius 3 is 2.63 bits per heavy atom. The molecule has 1 amide bonds. The van der Waals surface area contributed by atoms with Crippen LogP contribution in [0, 0.1) is 0 Å². The second-order valence-corrected chi connectivity index (χ2v) is 5.01. The fraction of sp³-hybridized carbons (Fsp3) is 0.600. The summed E-state index contributed by atoms with van der Waals surface area (Å²) in [5.41, 5.74) is 1.59. The summed E-state index contributed by atoms with van der Waals surface area (Å²) in [6.45, 7) is 4.59. The maximum absolute atomic E-state index is 12.6. The molecule has 0 atom stereocenters. The van der Waals surface area contributed by atoms with E-state index in [1.807, 2.05) is 17.9 Å². The maximum Gasteiger partial charge on any atom is 0.256 e. The monoisotopic (exact) mass is 261 g/mol. The molecule has 0 unspecified atom stereocenters. The van der Waals surface area contributed by atoms with Crippen LogP contribution < -0.4 is 5.32 Å². The SMILES string of the molecule is CCNc1cnccc1C(=O)N1CCCCCCC1. The van der Waals surface area contributed by atoms with Gasteiger partial charge in [-0.05, 0) is 25.8 Å². The lowest BCUT2D eigenvalue weighted by Gasteiger charge is -2.25. The van der Waals surface area contributed by atoms with E-state index in [2.05, 4.69) is 10.3 Å². The lowest BCUT2D eigenvalue weighted by atomic mass is 10.1. The number of likely N-dealkylation sites (tertiary alicyclic amines) is 1. The van der Waals surface area contributed by atoms with Crippen molar-refractivity contribution in [2.24, 2.45) is 0 Å². The van der Waals surface area contributed by atoms with Crippen molar-refractivity contribution in [2.45, 2.75) is 39.0 Å². The molecule has 1 aliphatic heterocycles. The van der Waals surface area contributed by atoms with Crippen molar-refractivity contribution in [2.75, 3.05) is 25.0 Å². The van der Waals surface area contributed by atoms with Crippen molar-refractivity contribution in [1.29, 1.82) is 0 Å². The summed E-state index contributed by atoms with van der Waals surface area (Å²) >= 11 is 0. The van der Waals surface area contributed by atoms with Gasteiger partial charge in [-0.15, -0.1) is 0 Å². The molecule has 1 fully saturated rings. The molecule has 1 aliphatic rings. The van der Waals surface area contributed by atoms with Crippen molar-refractivity contribution >= 4 is 11.6 Å². The molecule has 0 radical (unpaired) electrons. The van der Waals surface area contributed by atoms with Gasteiger partial charge >= 0.3 is 0 Å². The minimum absolute atomic E-state index is 0.139. The van der Waals surface area contributed by atoms with Crippen LogP contribution in [0.5, 0.6) is 0 Å². The van der Waals surface area contributed by atoms with Crippen LogP contribution in [-0.2, 0) is 0 Å². The van der Waals surface area contributed by atoms with Gasteiger partial charge in [0.2, 0.25) is 0 Å². The van der Waals surface area contributed by atoms with Gasteiger partial charge in [-0.25, -0.2) is 0 Å². The number of pyridine rings is 1. The Hall–Kier alpha value is -1.58. The Labute approximate surface area is 115 Å². The van der Waals surface area contributed by atoms with E-state index in [9.17, 15) is 4.79 Å². The minimum Gasteiger partial charge on any atom is -0.383 e. The summed E-state index contributed by atoms with van der Waals surface area (Å²) in [4.78, 5) is 18.7. The van der Waals surface area contributed by atoms with Crippen LogP contribution in [0.1, 0.15) is 49.4 Å². The van der Waals surface area contributed by atoms with Gasteiger partial charge in [-0.2, -0.15) is 0 Å². The number of carbonyl (C=O) groups is 1. The molecule has 1 aromatic rings. The summed E-state index contributed by atoms with van der Waals surface area (Å²) in [7, 11) is 0. The molecule has 1 N–H and O–H groups in total. The quantitative estimate of drug-likeness (QED) is 0.910. The van der Waals surface area contributed by atoms with Crippen molar-refractivity contribution in [3.63, 3.8) is 0 Å². The van der Waals surface area contributed by atoms with Crippen molar-refractivity contribution in [3.05, 3.63) is 24.0 Å². The van der Waals surface area contributed by atoms with Crippen molar-refractivity contribution in [3.8, 4) is 0 Å². The number of amides is 1. The minimum atomic E-state index is 0.139. The first-order chi connectivity index (χ1) is 9.33. The van der Waals surface area contributed by atoms with Gasteiger partial charge in [0.05, 0.1) is 17.4 Å². The summed E-state index contributed by atoms with van der Waals surface area (Å²) in [6.07, 6.45) is 9.44. The van der Waals surface area contributed by atoms with Crippen LogP contribution in [0.2, 0.25) is 0 Å². The van der Waals surface area contributed by atoms with Gasteiger partial charge in [0.15, 0.2) is 0 Å². The molecule has 19 heavy (non-hydrogen) atoms. The molecule has 2 heterocycles. The number of nitrogens with zero attached hydrogens (tertiary/aromatic N) is 2. The topological polar surface area (TPSA) is 45.2 Å². The van der Waals surface area contributed by atoms with Crippen LogP contribution in [-0.4, -0.2) is 35.4 Å². The summed E-state index contributed by atoms with van der Waals surface area (Å²) in [5.74, 6) is 0.139. The third-order valence-corrected chi connectivity index (χ3v) is 3.56. The van der Waals surface area contributed by atoms with E-state index in [1.165, 1.54) is 19.3 Å². The highest BCUT2D eigenvalue weighted by molar-refractivity contribution is 5.99. The lowest BCUT2D eigenvalue weighted by Crippen LogP contribution is -2.34. The smallest absolute Gasteiger partial charge is 0.256 e. The first-order valence-electron chi connectivity index (χ1n) is 7.30. The van der Waals surface area contributed by atoms with E-state index in [0.717, 1.165) is 43.7 Å². The fourth-order valence-electron chi connectivity index (χ4n) is 2.53. The van der Waals surface area contributed by atoms with E-state index in [1.54, 1.807) is 12.4 Å². The third kappa shape index (κ3) is 3.69. The predicted octanol–water partition coefficient (Wildman–Crippen LogP) is 2.92. The first-order valence-corrected chi connectivity index (χ1v) is 7.30. The number of hydrogen-bond acceptors (Lipinski definition) is 3. The maximum atomic E-state index is 12.6. The van der Waals surface area contributed by atoms with Crippen molar-refractivity contribution < 1.29 is 4.79 Å². The first kappa shape index (κ1) is 13.8. The Kier molecular flexibility index (Phi) is 5.19. The summed E-state index contributed by atoms with van der Waals surface area (Å²) in [6, 6.07) is 1.82. The standard InChI is InChI=1S/C15H23N3O/c1-2-17-14-12-16-9-8-13(14)15(19)18-10-6-4-3-5-7-11-18/h8-9,12,17H,2-7,10-11H2,1H3. The second-order valence-electron chi connectivity index (χ2n) is 5.01. The Bertz CT molecular complexity index is 412. The largest absolute Gasteiger partial charge is 0.383 e. The van der Waals surface area contributed by atoms with E-state index in [0.29, 0.717) is 0 Å². The Balaban J connectivity index is 2.12. The second kappa shape index (κ2) is 7.12. The number of rotatable bonds is 3. The molecule has 0 spiro atoms. The van der Waals surface area contributed by atoms with Gasteiger partial charge in [0.1, 0.15) is 0 Å². The van der Waals surface area contributed by atoms with Crippen LogP contribution in [0.15, 0.2) is 18.5 Å². The van der Waals surface area contributed by atoms with Crippen LogP contribution in [0.3, 0.4) is 0 Å². The molecule has 1 saturated heterocycles. The number of anilines is 1. The average Bonchev–Trinajstić information content (AvgIpc) is 2.39. The molecule has 4 heteroatoms. The Morgan fingerprint density at radius 2 is 1.95 bits per heavy atom. The van der Waals surface area contributed by atoms with Crippen LogP contribution >= 0.6 is 0 Å². The van der Waals surface area contributed by atoms with Gasteiger partial charge in [0, 0.05) is 25.8 Å². The summed E-state index contributed by atoms with van der Waals surface area (Å²) in [5, 5.41) is 3.21. The zero-order valence-electron chi connectivity index (χ0n) is 11.7. The van der Waals surface area contributed by atoms with Gasteiger partial charge in [-0.3, -0.25) is 9.78 Å². The molecule has 1 aromatic heterocycles. The highest BCUT2D eigenvalue weighted by Gasteiger charge is 2.19. The van der Waals surface area contributed by atoms with Crippen LogP contribution in [0.4, 0.5) is 5.69 Å². The van der Waals surface area contributed by atoms with Gasteiger partial charge in [-0.1, -0.05) is 19.3 Å². The number of carbonyl (C=O) groups excluding carboxylic acids is 1. The molecule has 2 rings (SSSR count). The zero-order chi connectivity index (χ0) is 13.5. The molecule has 4 nitrogen and oxygen atoms in total. The number of nitrogens with one attached hydrogen (secondary N) is 1. The normalized spacial score (nSPS) is 16.6. The number of hydrogen-bond donors (Lipinski definition) is 1. The Morgan fingerprint density at radius 1 is 1.26 bits per heavy atom. The van der Waals surface area contributed by atoms with Crippen LogP contribution in [0.25, 0.3) is 0 Å². The highest BCUT2D eigenvalue weighted by atomic mass is 16.2. The average molecular weight is 261 g/mol. The van der Waals surface area contributed by atoms with E-state index in [-0.39, 0.29) is 5.91 Å². The van der Waals surface area contributed by atoms with E-state index in [4.69, 9.17) is 0 Å².